The third kappa shape index (κ3) is 5.60. The summed E-state index contributed by atoms with van der Waals surface area (Å²) in [5.74, 6) is 0.619. The highest BCUT2D eigenvalue weighted by atomic mass is 19.4. The molecule has 0 saturated carbocycles. The van der Waals surface area contributed by atoms with Gasteiger partial charge in [0.25, 0.3) is 0 Å². The van der Waals surface area contributed by atoms with Crippen LogP contribution >= 0.6 is 0 Å². The SMILES string of the molecule is OCCCCc1ccc(OCc2cccc(C(F)(F)F)c2)cc1. The average Bonchev–Trinajstić information content (AvgIpc) is 2.54. The van der Waals surface area contributed by atoms with Crippen molar-refractivity contribution in [3.05, 3.63) is 65.2 Å². The van der Waals surface area contributed by atoms with E-state index in [1.165, 1.54) is 6.07 Å². The zero-order chi connectivity index (χ0) is 16.7. The van der Waals surface area contributed by atoms with Gasteiger partial charge in [-0.25, -0.2) is 0 Å². The zero-order valence-electron chi connectivity index (χ0n) is 12.6. The third-order valence-corrected chi connectivity index (χ3v) is 3.46. The first-order chi connectivity index (χ1) is 11.0. The summed E-state index contributed by atoms with van der Waals surface area (Å²) in [5.41, 5.74) is 0.953. The highest BCUT2D eigenvalue weighted by Gasteiger charge is 2.30. The number of aliphatic hydroxyl groups is 1. The van der Waals surface area contributed by atoms with Gasteiger partial charge in [-0.3, -0.25) is 0 Å². The second-order valence-corrected chi connectivity index (χ2v) is 5.31. The van der Waals surface area contributed by atoms with Crippen molar-refractivity contribution in [3.8, 4) is 5.75 Å². The average molecular weight is 324 g/mol. The Kier molecular flexibility index (Phi) is 6.04. The number of aryl methyl sites for hydroxylation is 1. The van der Waals surface area contributed by atoms with Crippen LogP contribution in [0.15, 0.2) is 48.5 Å². The van der Waals surface area contributed by atoms with Crippen molar-refractivity contribution in [1.29, 1.82) is 0 Å². The molecule has 0 unspecified atom stereocenters. The van der Waals surface area contributed by atoms with E-state index in [1.54, 1.807) is 6.07 Å². The van der Waals surface area contributed by atoms with Gasteiger partial charge in [0.05, 0.1) is 5.56 Å². The number of hydrogen-bond donors (Lipinski definition) is 1. The van der Waals surface area contributed by atoms with E-state index in [1.807, 2.05) is 24.3 Å². The Balaban J connectivity index is 1.91. The maximum absolute atomic E-state index is 12.6. The summed E-state index contributed by atoms with van der Waals surface area (Å²) in [6.07, 6.45) is -1.77. The summed E-state index contributed by atoms with van der Waals surface area (Å²) in [4.78, 5) is 0. The molecule has 0 fully saturated rings. The van der Waals surface area contributed by atoms with Gasteiger partial charge < -0.3 is 9.84 Å². The molecule has 2 rings (SSSR count). The van der Waals surface area contributed by atoms with E-state index >= 15 is 0 Å². The van der Waals surface area contributed by atoms with Crippen molar-refractivity contribution in [2.75, 3.05) is 6.61 Å². The van der Waals surface area contributed by atoms with Gasteiger partial charge in [0.15, 0.2) is 0 Å². The number of aliphatic hydroxyl groups excluding tert-OH is 1. The molecule has 0 heterocycles. The maximum Gasteiger partial charge on any atom is 0.416 e. The first-order valence-corrected chi connectivity index (χ1v) is 7.48. The topological polar surface area (TPSA) is 29.5 Å². The van der Waals surface area contributed by atoms with Crippen molar-refractivity contribution in [2.45, 2.75) is 32.0 Å². The normalized spacial score (nSPS) is 11.5. The molecule has 0 amide bonds. The number of rotatable bonds is 7. The molecule has 2 aromatic rings. The summed E-state index contributed by atoms with van der Waals surface area (Å²) < 4.78 is 43.5. The largest absolute Gasteiger partial charge is 0.489 e. The molecule has 0 aromatic heterocycles. The molecular weight excluding hydrogens is 305 g/mol. The van der Waals surface area contributed by atoms with Gasteiger partial charge in [0.1, 0.15) is 12.4 Å². The van der Waals surface area contributed by atoms with E-state index in [-0.39, 0.29) is 13.2 Å². The van der Waals surface area contributed by atoms with Gasteiger partial charge in [0, 0.05) is 6.61 Å². The van der Waals surface area contributed by atoms with E-state index in [0.717, 1.165) is 37.0 Å². The molecule has 0 radical (unpaired) electrons. The third-order valence-electron chi connectivity index (χ3n) is 3.46. The van der Waals surface area contributed by atoms with Gasteiger partial charge in [-0.1, -0.05) is 24.3 Å². The lowest BCUT2D eigenvalue weighted by atomic mass is 10.1. The quantitative estimate of drug-likeness (QED) is 0.754. The van der Waals surface area contributed by atoms with Crippen LogP contribution < -0.4 is 4.74 Å². The Bertz CT molecular complexity index is 606. The summed E-state index contributed by atoms with van der Waals surface area (Å²) in [5, 5.41) is 8.75. The molecule has 124 valence electrons. The summed E-state index contributed by atoms with van der Waals surface area (Å²) in [7, 11) is 0. The van der Waals surface area contributed by atoms with Gasteiger partial charge >= 0.3 is 6.18 Å². The lowest BCUT2D eigenvalue weighted by Gasteiger charge is -2.10. The smallest absolute Gasteiger partial charge is 0.416 e. The van der Waals surface area contributed by atoms with E-state index in [4.69, 9.17) is 9.84 Å². The number of benzene rings is 2. The molecule has 0 bridgehead atoms. The first kappa shape index (κ1) is 17.3. The molecule has 0 aliphatic carbocycles. The van der Waals surface area contributed by atoms with Crippen molar-refractivity contribution in [1.82, 2.24) is 0 Å². The number of ether oxygens (including phenoxy) is 1. The van der Waals surface area contributed by atoms with E-state index < -0.39 is 11.7 Å². The van der Waals surface area contributed by atoms with Gasteiger partial charge in [0.2, 0.25) is 0 Å². The molecule has 23 heavy (non-hydrogen) atoms. The lowest BCUT2D eigenvalue weighted by Crippen LogP contribution is -2.06. The second kappa shape index (κ2) is 8.02. The van der Waals surface area contributed by atoms with E-state index in [2.05, 4.69) is 0 Å². The molecular formula is C18H19F3O2. The molecule has 2 aromatic carbocycles. The van der Waals surface area contributed by atoms with Crippen LogP contribution in [0.4, 0.5) is 13.2 Å². The summed E-state index contributed by atoms with van der Waals surface area (Å²) in [6.45, 7) is 0.284. The van der Waals surface area contributed by atoms with Crippen LogP contribution in [0.25, 0.3) is 0 Å². The summed E-state index contributed by atoms with van der Waals surface area (Å²) in [6, 6.07) is 12.6. The number of hydrogen-bond acceptors (Lipinski definition) is 2. The van der Waals surface area contributed by atoms with Crippen LogP contribution in [0.3, 0.4) is 0 Å². The lowest BCUT2D eigenvalue weighted by molar-refractivity contribution is -0.137. The number of alkyl halides is 3. The van der Waals surface area contributed by atoms with E-state index in [0.29, 0.717) is 11.3 Å². The van der Waals surface area contributed by atoms with Crippen LogP contribution in [0, 0.1) is 0 Å². The Morgan fingerprint density at radius 1 is 0.913 bits per heavy atom. The standard InChI is InChI=1S/C18H19F3O2/c19-18(20,21)16-6-3-5-15(12-16)13-23-17-9-7-14(8-10-17)4-1-2-11-22/h3,5-10,12,22H,1-2,4,11,13H2. The zero-order valence-corrected chi connectivity index (χ0v) is 12.6. The molecule has 2 nitrogen and oxygen atoms in total. The van der Waals surface area contributed by atoms with Crippen LogP contribution in [0.2, 0.25) is 0 Å². The Morgan fingerprint density at radius 2 is 1.65 bits per heavy atom. The predicted molar refractivity (Wildman–Crippen MR) is 82.2 cm³/mol. The Labute approximate surface area is 133 Å². The molecule has 0 atom stereocenters. The molecule has 5 heteroatoms. The highest BCUT2D eigenvalue weighted by molar-refractivity contribution is 5.29. The summed E-state index contributed by atoms with van der Waals surface area (Å²) >= 11 is 0. The molecule has 0 spiro atoms. The number of halogens is 3. The maximum atomic E-state index is 12.6. The van der Waals surface area contributed by atoms with Crippen LogP contribution in [-0.2, 0) is 19.2 Å². The minimum absolute atomic E-state index is 0.0911. The Hall–Kier alpha value is -2.01. The minimum Gasteiger partial charge on any atom is -0.489 e. The molecule has 0 aliphatic heterocycles. The van der Waals surface area contributed by atoms with Gasteiger partial charge in [-0.2, -0.15) is 13.2 Å². The predicted octanol–water partition coefficient (Wildman–Crippen LogP) is 4.60. The molecule has 1 N–H and O–H groups in total. The van der Waals surface area contributed by atoms with Crippen molar-refractivity contribution in [3.63, 3.8) is 0 Å². The van der Waals surface area contributed by atoms with Crippen LogP contribution in [0.5, 0.6) is 5.75 Å². The first-order valence-electron chi connectivity index (χ1n) is 7.48. The van der Waals surface area contributed by atoms with Crippen molar-refractivity contribution >= 4 is 0 Å². The van der Waals surface area contributed by atoms with Gasteiger partial charge in [-0.05, 0) is 54.7 Å². The second-order valence-electron chi connectivity index (χ2n) is 5.31. The molecule has 0 saturated heterocycles. The minimum atomic E-state index is -4.34. The fraction of sp³-hybridized carbons (Fsp3) is 0.333. The van der Waals surface area contributed by atoms with E-state index in [9.17, 15) is 13.2 Å². The van der Waals surface area contributed by atoms with Crippen LogP contribution in [-0.4, -0.2) is 11.7 Å². The molecule has 0 aliphatic rings. The monoisotopic (exact) mass is 324 g/mol. The fourth-order valence-electron chi connectivity index (χ4n) is 2.20. The Morgan fingerprint density at radius 3 is 2.30 bits per heavy atom. The number of unbranched alkanes of at least 4 members (excludes halogenated alkanes) is 1. The highest BCUT2D eigenvalue weighted by Crippen LogP contribution is 2.29. The van der Waals surface area contributed by atoms with Crippen LogP contribution in [0.1, 0.15) is 29.5 Å². The van der Waals surface area contributed by atoms with Crippen molar-refractivity contribution < 1.29 is 23.0 Å². The fourth-order valence-corrected chi connectivity index (χ4v) is 2.20. The van der Waals surface area contributed by atoms with Gasteiger partial charge in [-0.15, -0.1) is 0 Å². The van der Waals surface area contributed by atoms with Crippen molar-refractivity contribution in [2.24, 2.45) is 0 Å².